The fourth-order valence-electron chi connectivity index (χ4n) is 2.28. The van der Waals surface area contributed by atoms with Gasteiger partial charge in [0.2, 0.25) is 10.0 Å². The molecule has 0 aliphatic carbocycles. The highest BCUT2D eigenvalue weighted by Gasteiger charge is 2.23. The first-order valence-corrected chi connectivity index (χ1v) is 8.63. The minimum Gasteiger partial charge on any atom is -0.395 e. The van der Waals surface area contributed by atoms with Crippen LogP contribution in [0, 0.1) is 0 Å². The van der Waals surface area contributed by atoms with E-state index in [0.29, 0.717) is 6.54 Å². The van der Waals surface area contributed by atoms with Gasteiger partial charge in [0, 0.05) is 13.1 Å². The first-order valence-electron chi connectivity index (χ1n) is 7.19. The summed E-state index contributed by atoms with van der Waals surface area (Å²) in [6.45, 7) is 2.41. The Morgan fingerprint density at radius 1 is 1.05 bits per heavy atom. The van der Waals surface area contributed by atoms with Gasteiger partial charge in [-0.25, -0.2) is 8.42 Å². The van der Waals surface area contributed by atoms with Crippen molar-refractivity contribution in [3.8, 4) is 0 Å². The molecule has 114 valence electrons. The van der Waals surface area contributed by atoms with Crippen molar-refractivity contribution in [1.82, 2.24) is 4.31 Å². The normalized spacial score (nSPS) is 12.1. The quantitative estimate of drug-likeness (QED) is 0.855. The number of nitrogens with zero attached hydrogens (tertiary/aromatic N) is 1. The van der Waals surface area contributed by atoms with Crippen molar-refractivity contribution in [2.45, 2.75) is 24.7 Å². The topological polar surface area (TPSA) is 57.6 Å². The molecule has 0 unspecified atom stereocenters. The molecule has 2 rings (SSSR count). The van der Waals surface area contributed by atoms with Crippen LogP contribution in [0.5, 0.6) is 0 Å². The molecular weight excluding hydrogens is 286 g/mol. The van der Waals surface area contributed by atoms with Gasteiger partial charge in [0.1, 0.15) is 0 Å². The van der Waals surface area contributed by atoms with Crippen LogP contribution in [-0.4, -0.2) is 37.5 Å². The molecule has 0 amide bonds. The minimum atomic E-state index is -3.55. The number of sulfonamides is 1. The van der Waals surface area contributed by atoms with Crippen molar-refractivity contribution in [2.75, 3.05) is 19.7 Å². The summed E-state index contributed by atoms with van der Waals surface area (Å²) < 4.78 is 26.7. The van der Waals surface area contributed by atoms with Crippen LogP contribution in [0.4, 0.5) is 0 Å². The highest BCUT2D eigenvalue weighted by Crippen LogP contribution is 2.22. The molecule has 0 fully saturated rings. The summed E-state index contributed by atoms with van der Waals surface area (Å²) in [4.78, 5) is 0.283. The molecule has 0 aliphatic heterocycles. The monoisotopic (exact) mass is 307 g/mol. The van der Waals surface area contributed by atoms with Gasteiger partial charge >= 0.3 is 0 Å². The van der Waals surface area contributed by atoms with Gasteiger partial charge < -0.3 is 5.11 Å². The van der Waals surface area contributed by atoms with E-state index in [9.17, 15) is 8.42 Å². The zero-order chi connectivity index (χ0) is 15.3. The fourth-order valence-corrected chi connectivity index (χ4v) is 3.78. The Kier molecular flexibility index (Phi) is 5.33. The second kappa shape index (κ2) is 7.02. The summed E-state index contributed by atoms with van der Waals surface area (Å²) in [5.74, 6) is 0. The number of benzene rings is 2. The standard InChI is InChI=1S/C16H21NO3S/c1-2-3-10-17(11-12-18)21(19,20)16-9-8-14-6-4-5-7-15(14)13-16/h4-9,13,18H,2-3,10-12H2,1H3. The van der Waals surface area contributed by atoms with Crippen molar-refractivity contribution in [3.63, 3.8) is 0 Å². The van der Waals surface area contributed by atoms with E-state index >= 15 is 0 Å². The van der Waals surface area contributed by atoms with Crippen molar-refractivity contribution in [1.29, 1.82) is 0 Å². The Bertz CT molecular complexity index is 697. The zero-order valence-corrected chi connectivity index (χ0v) is 13.0. The summed E-state index contributed by atoms with van der Waals surface area (Å²) in [7, 11) is -3.55. The van der Waals surface area contributed by atoms with Crippen LogP contribution >= 0.6 is 0 Å². The van der Waals surface area contributed by atoms with Gasteiger partial charge in [0.25, 0.3) is 0 Å². The third-order valence-electron chi connectivity index (χ3n) is 3.47. The molecule has 0 atom stereocenters. The third kappa shape index (κ3) is 3.61. The van der Waals surface area contributed by atoms with Gasteiger partial charge in [-0.05, 0) is 29.3 Å². The lowest BCUT2D eigenvalue weighted by molar-refractivity contribution is 0.252. The average molecular weight is 307 g/mol. The summed E-state index contributed by atoms with van der Waals surface area (Å²) in [6, 6.07) is 12.8. The Balaban J connectivity index is 2.38. The van der Waals surface area contributed by atoms with Crippen LogP contribution in [0.3, 0.4) is 0 Å². The van der Waals surface area contributed by atoms with Crippen LogP contribution < -0.4 is 0 Å². The Morgan fingerprint density at radius 2 is 1.76 bits per heavy atom. The van der Waals surface area contributed by atoms with Crippen molar-refractivity contribution in [3.05, 3.63) is 42.5 Å². The molecule has 2 aromatic rings. The minimum absolute atomic E-state index is 0.134. The van der Waals surface area contributed by atoms with Gasteiger partial charge in [-0.1, -0.05) is 43.7 Å². The summed E-state index contributed by atoms with van der Waals surface area (Å²) in [6.07, 6.45) is 1.70. The van der Waals surface area contributed by atoms with Crippen LogP contribution in [0.15, 0.2) is 47.4 Å². The van der Waals surface area contributed by atoms with Gasteiger partial charge in [0.15, 0.2) is 0 Å². The molecule has 0 heterocycles. The number of fused-ring (bicyclic) bond motifs is 1. The molecule has 0 aliphatic rings. The average Bonchev–Trinajstić information content (AvgIpc) is 2.50. The molecular formula is C16H21NO3S. The summed E-state index contributed by atoms with van der Waals surface area (Å²) >= 11 is 0. The smallest absolute Gasteiger partial charge is 0.243 e. The summed E-state index contributed by atoms with van der Waals surface area (Å²) in [5.41, 5.74) is 0. The van der Waals surface area contributed by atoms with Crippen molar-refractivity contribution in [2.24, 2.45) is 0 Å². The number of hydrogen-bond acceptors (Lipinski definition) is 3. The van der Waals surface area contributed by atoms with Crippen LogP contribution in [0.1, 0.15) is 19.8 Å². The maximum Gasteiger partial charge on any atom is 0.243 e. The highest BCUT2D eigenvalue weighted by atomic mass is 32.2. The predicted octanol–water partition coefficient (Wildman–Crippen LogP) is 2.62. The van der Waals surface area contributed by atoms with E-state index in [1.165, 1.54) is 4.31 Å². The second-order valence-electron chi connectivity index (χ2n) is 4.99. The molecule has 1 N–H and O–H groups in total. The first-order chi connectivity index (χ1) is 10.1. The lowest BCUT2D eigenvalue weighted by Gasteiger charge is -2.21. The Hall–Kier alpha value is -1.43. The molecule has 21 heavy (non-hydrogen) atoms. The molecule has 2 aromatic carbocycles. The van der Waals surface area contributed by atoms with E-state index in [0.717, 1.165) is 23.6 Å². The molecule has 0 bridgehead atoms. The Labute approximate surface area is 126 Å². The van der Waals surface area contributed by atoms with Crippen LogP contribution in [0.25, 0.3) is 10.8 Å². The molecule has 0 saturated carbocycles. The fraction of sp³-hybridized carbons (Fsp3) is 0.375. The van der Waals surface area contributed by atoms with Gasteiger partial charge in [0.05, 0.1) is 11.5 Å². The van der Waals surface area contributed by atoms with Crippen molar-refractivity contribution < 1.29 is 13.5 Å². The summed E-state index contributed by atoms with van der Waals surface area (Å²) in [5, 5.41) is 11.0. The van der Waals surface area contributed by atoms with Crippen LogP contribution in [-0.2, 0) is 10.0 Å². The predicted molar refractivity (Wildman–Crippen MR) is 84.7 cm³/mol. The molecule has 4 nitrogen and oxygen atoms in total. The van der Waals surface area contributed by atoms with E-state index in [2.05, 4.69) is 0 Å². The van der Waals surface area contributed by atoms with Gasteiger partial charge in [-0.15, -0.1) is 0 Å². The van der Waals surface area contributed by atoms with E-state index in [-0.39, 0.29) is 18.0 Å². The van der Waals surface area contributed by atoms with E-state index in [1.54, 1.807) is 12.1 Å². The molecule has 0 radical (unpaired) electrons. The largest absolute Gasteiger partial charge is 0.395 e. The van der Waals surface area contributed by atoms with Crippen LogP contribution in [0.2, 0.25) is 0 Å². The maximum atomic E-state index is 12.7. The molecule has 0 saturated heterocycles. The van der Waals surface area contributed by atoms with E-state index < -0.39 is 10.0 Å². The number of unbranched alkanes of at least 4 members (excludes halogenated alkanes) is 1. The SMILES string of the molecule is CCCCN(CCO)S(=O)(=O)c1ccc2ccccc2c1. The van der Waals surface area contributed by atoms with E-state index in [4.69, 9.17) is 5.11 Å². The number of aliphatic hydroxyl groups is 1. The number of aliphatic hydroxyl groups excluding tert-OH is 1. The molecule has 0 spiro atoms. The van der Waals surface area contributed by atoms with Gasteiger partial charge in [-0.3, -0.25) is 0 Å². The number of hydrogen-bond donors (Lipinski definition) is 1. The second-order valence-corrected chi connectivity index (χ2v) is 6.93. The van der Waals surface area contributed by atoms with Crippen molar-refractivity contribution >= 4 is 20.8 Å². The lowest BCUT2D eigenvalue weighted by Crippen LogP contribution is -2.34. The maximum absolute atomic E-state index is 12.7. The third-order valence-corrected chi connectivity index (χ3v) is 5.36. The number of rotatable bonds is 7. The molecule has 0 aromatic heterocycles. The zero-order valence-electron chi connectivity index (χ0n) is 12.2. The molecule has 5 heteroatoms. The first kappa shape index (κ1) is 15.9. The highest BCUT2D eigenvalue weighted by molar-refractivity contribution is 7.89. The van der Waals surface area contributed by atoms with E-state index in [1.807, 2.05) is 37.3 Å². The van der Waals surface area contributed by atoms with Gasteiger partial charge in [-0.2, -0.15) is 4.31 Å². The Morgan fingerprint density at radius 3 is 2.43 bits per heavy atom. The lowest BCUT2D eigenvalue weighted by atomic mass is 10.1.